The SMILES string of the molecule is Nc1nc2c(c(N)c1C=O)C(SCc1ccco1)c1ccccc1O2. The maximum atomic E-state index is 11.4. The van der Waals surface area contributed by atoms with Gasteiger partial charge in [-0.15, -0.1) is 11.8 Å². The first kappa shape index (κ1) is 15.6. The molecule has 3 heterocycles. The number of nitrogens with two attached hydrogens (primary N) is 2. The number of pyridine rings is 1. The minimum absolute atomic E-state index is 0.0698. The molecule has 1 aromatic carbocycles. The number of hydrogen-bond acceptors (Lipinski definition) is 7. The molecule has 2 aromatic heterocycles. The lowest BCUT2D eigenvalue weighted by molar-refractivity contribution is 0.112. The van der Waals surface area contributed by atoms with E-state index in [9.17, 15) is 4.79 Å². The second-order valence-electron chi connectivity index (χ2n) is 5.57. The van der Waals surface area contributed by atoms with Gasteiger partial charge in [0.05, 0.1) is 34.1 Å². The zero-order valence-corrected chi connectivity index (χ0v) is 14.0. The number of nitrogen functional groups attached to an aromatic ring is 2. The average molecular weight is 353 g/mol. The molecule has 0 aliphatic carbocycles. The lowest BCUT2D eigenvalue weighted by Crippen LogP contribution is -2.15. The standard InChI is InChI=1S/C18H15N3O3S/c19-15-12(8-22)17(20)21-18-14(15)16(25-9-10-4-3-7-23-10)11-5-1-2-6-13(11)24-18/h1-8,16H,9H2,(H4,19,20,21). The van der Waals surface area contributed by atoms with Gasteiger partial charge < -0.3 is 20.6 Å². The Morgan fingerprint density at radius 3 is 2.80 bits per heavy atom. The Balaban J connectivity index is 1.83. The number of aromatic nitrogens is 1. The lowest BCUT2D eigenvalue weighted by Gasteiger charge is -2.28. The number of nitrogens with zero attached hydrogens (tertiary/aromatic N) is 1. The van der Waals surface area contributed by atoms with Gasteiger partial charge in [-0.05, 0) is 18.2 Å². The van der Waals surface area contributed by atoms with Gasteiger partial charge in [-0.25, -0.2) is 0 Å². The molecule has 0 radical (unpaired) electrons. The van der Waals surface area contributed by atoms with Gasteiger partial charge >= 0.3 is 0 Å². The Kier molecular flexibility index (Phi) is 3.85. The summed E-state index contributed by atoms with van der Waals surface area (Å²) in [4.78, 5) is 15.6. The number of fused-ring (bicyclic) bond motifs is 2. The number of carbonyl (C=O) groups excluding carboxylic acids is 1. The Morgan fingerprint density at radius 1 is 1.20 bits per heavy atom. The van der Waals surface area contributed by atoms with E-state index in [1.54, 1.807) is 18.0 Å². The highest BCUT2D eigenvalue weighted by atomic mass is 32.2. The Morgan fingerprint density at radius 2 is 2.04 bits per heavy atom. The van der Waals surface area contributed by atoms with Gasteiger partial charge in [-0.1, -0.05) is 18.2 Å². The summed E-state index contributed by atoms with van der Waals surface area (Å²) in [6.07, 6.45) is 2.27. The van der Waals surface area contributed by atoms with Crippen LogP contribution in [0.3, 0.4) is 0 Å². The molecular weight excluding hydrogens is 338 g/mol. The molecule has 126 valence electrons. The fourth-order valence-electron chi connectivity index (χ4n) is 2.87. The predicted molar refractivity (Wildman–Crippen MR) is 96.8 cm³/mol. The molecule has 0 spiro atoms. The van der Waals surface area contributed by atoms with E-state index in [0.717, 1.165) is 11.3 Å². The summed E-state index contributed by atoms with van der Waals surface area (Å²) < 4.78 is 11.3. The topological polar surface area (TPSA) is 104 Å². The fourth-order valence-corrected chi connectivity index (χ4v) is 4.13. The molecule has 7 heteroatoms. The number of ether oxygens (including phenoxy) is 1. The summed E-state index contributed by atoms with van der Waals surface area (Å²) in [6.45, 7) is 0. The summed E-state index contributed by atoms with van der Waals surface area (Å²) in [5.41, 5.74) is 14.2. The van der Waals surface area contributed by atoms with Crippen LogP contribution in [0, 0.1) is 0 Å². The third kappa shape index (κ3) is 2.62. The lowest BCUT2D eigenvalue weighted by atomic mass is 9.98. The molecule has 0 amide bonds. The molecule has 25 heavy (non-hydrogen) atoms. The van der Waals surface area contributed by atoms with E-state index in [1.165, 1.54) is 0 Å². The third-order valence-electron chi connectivity index (χ3n) is 4.07. The first-order valence-electron chi connectivity index (χ1n) is 7.63. The molecule has 1 unspecified atom stereocenters. The van der Waals surface area contributed by atoms with Crippen LogP contribution in [0.1, 0.15) is 32.5 Å². The van der Waals surface area contributed by atoms with E-state index in [4.69, 9.17) is 20.6 Å². The molecule has 6 nitrogen and oxygen atoms in total. The number of anilines is 2. The predicted octanol–water partition coefficient (Wildman–Crippen LogP) is 3.78. The van der Waals surface area contributed by atoms with E-state index in [0.29, 0.717) is 34.9 Å². The van der Waals surface area contributed by atoms with Crippen LogP contribution < -0.4 is 16.2 Å². The minimum atomic E-state index is -0.142. The largest absolute Gasteiger partial charge is 0.468 e. The molecule has 0 saturated carbocycles. The third-order valence-corrected chi connectivity index (χ3v) is 5.34. The van der Waals surface area contributed by atoms with Crippen molar-refractivity contribution < 1.29 is 13.9 Å². The zero-order valence-electron chi connectivity index (χ0n) is 13.1. The fraction of sp³-hybridized carbons (Fsp3) is 0.111. The minimum Gasteiger partial charge on any atom is -0.468 e. The van der Waals surface area contributed by atoms with Gasteiger partial charge in [-0.2, -0.15) is 4.98 Å². The van der Waals surface area contributed by atoms with Gasteiger partial charge in [0.1, 0.15) is 17.3 Å². The quantitative estimate of drug-likeness (QED) is 0.688. The second kappa shape index (κ2) is 6.18. The molecule has 0 fully saturated rings. The number of thioether (sulfide) groups is 1. The number of benzene rings is 1. The van der Waals surface area contributed by atoms with Crippen LogP contribution in [0.15, 0.2) is 47.1 Å². The summed E-state index contributed by atoms with van der Waals surface area (Å²) in [7, 11) is 0. The first-order chi connectivity index (χ1) is 12.2. The van der Waals surface area contributed by atoms with Crippen molar-refractivity contribution in [2.45, 2.75) is 11.0 Å². The van der Waals surface area contributed by atoms with Crippen molar-refractivity contribution in [3.63, 3.8) is 0 Å². The normalized spacial score (nSPS) is 15.1. The molecule has 1 atom stereocenters. The average Bonchev–Trinajstić information content (AvgIpc) is 3.12. The number of carbonyl (C=O) groups is 1. The number of para-hydroxylation sites is 1. The van der Waals surface area contributed by atoms with Gasteiger partial charge in [0.15, 0.2) is 6.29 Å². The van der Waals surface area contributed by atoms with E-state index in [1.807, 2.05) is 36.4 Å². The molecular formula is C18H15N3O3S. The molecule has 4 N–H and O–H groups in total. The molecule has 1 aliphatic heterocycles. The zero-order chi connectivity index (χ0) is 17.4. The van der Waals surface area contributed by atoms with Crippen molar-refractivity contribution in [2.24, 2.45) is 0 Å². The smallest absolute Gasteiger partial charge is 0.228 e. The number of aldehydes is 1. The maximum Gasteiger partial charge on any atom is 0.228 e. The van der Waals surface area contributed by atoms with Crippen molar-refractivity contribution in [1.29, 1.82) is 0 Å². The monoisotopic (exact) mass is 353 g/mol. The summed E-state index contributed by atoms with van der Waals surface area (Å²) >= 11 is 1.63. The van der Waals surface area contributed by atoms with Gasteiger partial charge in [0.25, 0.3) is 0 Å². The second-order valence-corrected chi connectivity index (χ2v) is 6.66. The summed E-state index contributed by atoms with van der Waals surface area (Å²) in [5.74, 6) is 2.62. The molecule has 3 aromatic rings. The highest BCUT2D eigenvalue weighted by Gasteiger charge is 2.32. The molecule has 4 rings (SSSR count). The van der Waals surface area contributed by atoms with E-state index in [-0.39, 0.29) is 16.6 Å². The summed E-state index contributed by atoms with van der Waals surface area (Å²) in [6, 6.07) is 11.5. The molecule has 1 aliphatic rings. The van der Waals surface area contributed by atoms with Crippen LogP contribution in [-0.4, -0.2) is 11.3 Å². The van der Waals surface area contributed by atoms with Crippen LogP contribution in [0.2, 0.25) is 0 Å². The van der Waals surface area contributed by atoms with Crippen LogP contribution in [-0.2, 0) is 5.75 Å². The molecule has 0 bridgehead atoms. The van der Waals surface area contributed by atoms with Crippen LogP contribution in [0.4, 0.5) is 11.5 Å². The highest BCUT2D eigenvalue weighted by molar-refractivity contribution is 7.99. The Hall–Kier alpha value is -2.93. The first-order valence-corrected chi connectivity index (χ1v) is 8.68. The van der Waals surface area contributed by atoms with Gasteiger partial charge in [0.2, 0.25) is 5.88 Å². The Labute approximate surface area is 148 Å². The van der Waals surface area contributed by atoms with Crippen LogP contribution in [0.5, 0.6) is 11.6 Å². The van der Waals surface area contributed by atoms with Crippen LogP contribution >= 0.6 is 11.8 Å². The van der Waals surface area contributed by atoms with Crippen molar-refractivity contribution in [3.8, 4) is 11.6 Å². The number of rotatable bonds is 4. The number of hydrogen-bond donors (Lipinski definition) is 2. The summed E-state index contributed by atoms with van der Waals surface area (Å²) in [5, 5.41) is -0.142. The maximum absolute atomic E-state index is 11.4. The van der Waals surface area contributed by atoms with Crippen LogP contribution in [0.25, 0.3) is 0 Å². The van der Waals surface area contributed by atoms with Gasteiger partial charge in [-0.3, -0.25) is 4.79 Å². The van der Waals surface area contributed by atoms with E-state index < -0.39 is 0 Å². The highest BCUT2D eigenvalue weighted by Crippen LogP contribution is 2.52. The van der Waals surface area contributed by atoms with Crippen molar-refractivity contribution in [2.75, 3.05) is 11.5 Å². The molecule has 0 saturated heterocycles. The number of furan rings is 1. The van der Waals surface area contributed by atoms with Crippen molar-refractivity contribution in [3.05, 3.63) is 65.1 Å². The van der Waals surface area contributed by atoms with Crippen molar-refractivity contribution in [1.82, 2.24) is 4.98 Å². The van der Waals surface area contributed by atoms with Crippen molar-refractivity contribution >= 4 is 29.6 Å². The Bertz CT molecular complexity index is 941. The van der Waals surface area contributed by atoms with Gasteiger partial charge in [0, 0.05) is 5.56 Å². The van der Waals surface area contributed by atoms with E-state index >= 15 is 0 Å². The van der Waals surface area contributed by atoms with E-state index in [2.05, 4.69) is 4.98 Å².